The number of sulfonamides is 1. The van der Waals surface area contributed by atoms with Crippen LogP contribution in [0.15, 0.2) is 45.1 Å². The summed E-state index contributed by atoms with van der Waals surface area (Å²) in [4.78, 5) is 4.18. The lowest BCUT2D eigenvalue weighted by molar-refractivity contribution is -0.159. The zero-order valence-electron chi connectivity index (χ0n) is 13.2. The van der Waals surface area contributed by atoms with Gasteiger partial charge in [0.1, 0.15) is 4.21 Å². The third-order valence-electron chi connectivity index (χ3n) is 3.33. The zero-order valence-corrected chi connectivity index (χ0v) is 14.9. The molecule has 2 aromatic heterocycles. The van der Waals surface area contributed by atoms with Crippen molar-refractivity contribution in [1.29, 1.82) is 0 Å². The standard InChI is InChI=1S/C15H12F3N3O3S2/c1-9-2-7-12(25-9)26(22,23)19-8-10-3-5-11(6-4-10)13-20-14(24-21-13)15(16,17)18/h2-7,19H,8H2,1H3. The van der Waals surface area contributed by atoms with E-state index >= 15 is 0 Å². The number of nitrogens with one attached hydrogen (secondary N) is 1. The molecule has 0 atom stereocenters. The van der Waals surface area contributed by atoms with Gasteiger partial charge in [-0.1, -0.05) is 29.4 Å². The topological polar surface area (TPSA) is 85.1 Å². The Labute approximate surface area is 150 Å². The van der Waals surface area contributed by atoms with E-state index in [2.05, 4.69) is 19.4 Å². The second kappa shape index (κ2) is 6.82. The van der Waals surface area contributed by atoms with E-state index in [1.807, 2.05) is 6.92 Å². The second-order valence-corrected chi connectivity index (χ2v) is 8.59. The Morgan fingerprint density at radius 1 is 1.15 bits per heavy atom. The van der Waals surface area contributed by atoms with Crippen molar-refractivity contribution in [2.45, 2.75) is 23.9 Å². The Morgan fingerprint density at radius 2 is 1.85 bits per heavy atom. The smallest absolute Gasteiger partial charge is 0.329 e. The molecule has 0 spiro atoms. The molecule has 0 fully saturated rings. The van der Waals surface area contributed by atoms with Gasteiger partial charge in [0.2, 0.25) is 15.8 Å². The number of rotatable bonds is 5. The van der Waals surface area contributed by atoms with Crippen LogP contribution in [0.2, 0.25) is 0 Å². The minimum absolute atomic E-state index is 0.0413. The number of aryl methyl sites for hydroxylation is 1. The molecule has 2 heterocycles. The molecule has 26 heavy (non-hydrogen) atoms. The number of nitrogens with zero attached hydrogens (tertiary/aromatic N) is 2. The van der Waals surface area contributed by atoms with E-state index < -0.39 is 22.1 Å². The lowest BCUT2D eigenvalue weighted by Crippen LogP contribution is -2.22. The first-order chi connectivity index (χ1) is 12.1. The quantitative estimate of drug-likeness (QED) is 0.704. The third-order valence-corrected chi connectivity index (χ3v) is 6.22. The second-order valence-electron chi connectivity index (χ2n) is 5.31. The van der Waals surface area contributed by atoms with E-state index in [9.17, 15) is 21.6 Å². The number of halogens is 3. The van der Waals surface area contributed by atoms with Gasteiger partial charge in [-0.05, 0) is 24.6 Å². The molecule has 11 heteroatoms. The van der Waals surface area contributed by atoms with Gasteiger partial charge in [0, 0.05) is 17.0 Å². The first kappa shape index (κ1) is 18.5. The maximum absolute atomic E-state index is 12.5. The molecule has 1 N–H and O–H groups in total. The number of hydrogen-bond acceptors (Lipinski definition) is 6. The van der Waals surface area contributed by atoms with Gasteiger partial charge in [0.25, 0.3) is 0 Å². The van der Waals surface area contributed by atoms with Crippen LogP contribution in [0, 0.1) is 6.92 Å². The van der Waals surface area contributed by atoms with Gasteiger partial charge in [-0.3, -0.25) is 0 Å². The van der Waals surface area contributed by atoms with Crippen LogP contribution in [0.25, 0.3) is 11.4 Å². The van der Waals surface area contributed by atoms with Crippen LogP contribution in [-0.2, 0) is 22.7 Å². The minimum atomic E-state index is -4.70. The van der Waals surface area contributed by atoms with Crippen LogP contribution in [0.4, 0.5) is 13.2 Å². The van der Waals surface area contributed by atoms with Gasteiger partial charge in [-0.2, -0.15) is 18.2 Å². The summed E-state index contributed by atoms with van der Waals surface area (Å²) in [5.41, 5.74) is 0.954. The van der Waals surface area contributed by atoms with Crippen molar-refractivity contribution in [2.75, 3.05) is 0 Å². The first-order valence-corrected chi connectivity index (χ1v) is 9.51. The molecule has 0 saturated carbocycles. The van der Waals surface area contributed by atoms with Crippen molar-refractivity contribution in [1.82, 2.24) is 14.9 Å². The number of alkyl halides is 3. The van der Waals surface area contributed by atoms with Crippen molar-refractivity contribution in [2.24, 2.45) is 0 Å². The Balaban J connectivity index is 1.69. The number of aromatic nitrogens is 2. The highest BCUT2D eigenvalue weighted by Gasteiger charge is 2.38. The van der Waals surface area contributed by atoms with E-state index in [0.29, 0.717) is 11.1 Å². The van der Waals surface area contributed by atoms with Gasteiger partial charge in [0.15, 0.2) is 0 Å². The molecule has 1 aromatic carbocycles. The molecule has 0 bridgehead atoms. The van der Waals surface area contributed by atoms with Crippen molar-refractivity contribution in [3.8, 4) is 11.4 Å². The molecule has 0 aliphatic heterocycles. The maximum atomic E-state index is 12.5. The highest BCUT2D eigenvalue weighted by atomic mass is 32.2. The third kappa shape index (κ3) is 4.11. The first-order valence-electron chi connectivity index (χ1n) is 7.21. The van der Waals surface area contributed by atoms with Crippen LogP contribution in [0.1, 0.15) is 16.3 Å². The van der Waals surface area contributed by atoms with Crippen molar-refractivity contribution in [3.63, 3.8) is 0 Å². The van der Waals surface area contributed by atoms with Crippen LogP contribution in [-0.4, -0.2) is 18.6 Å². The summed E-state index contributed by atoms with van der Waals surface area (Å²) in [6.07, 6.45) is -4.70. The number of benzene rings is 1. The van der Waals surface area contributed by atoms with Gasteiger partial charge in [-0.15, -0.1) is 11.3 Å². The summed E-state index contributed by atoms with van der Waals surface area (Å²) >= 11 is 1.16. The summed E-state index contributed by atoms with van der Waals surface area (Å²) in [5.74, 6) is -1.62. The SMILES string of the molecule is Cc1ccc(S(=O)(=O)NCc2ccc(-c3noc(C(F)(F)F)n3)cc2)s1. The Bertz CT molecular complexity index is 1010. The largest absolute Gasteiger partial charge is 0.471 e. The van der Waals surface area contributed by atoms with Crippen LogP contribution in [0.5, 0.6) is 0 Å². The molecule has 138 valence electrons. The lowest BCUT2D eigenvalue weighted by atomic mass is 10.1. The average molecular weight is 403 g/mol. The molecular weight excluding hydrogens is 391 g/mol. The summed E-state index contributed by atoms with van der Waals surface area (Å²) in [5, 5.41) is 3.29. The fourth-order valence-electron chi connectivity index (χ4n) is 2.03. The van der Waals surface area contributed by atoms with Gasteiger partial charge < -0.3 is 4.52 Å². The molecule has 3 rings (SSSR count). The molecule has 0 unspecified atom stereocenters. The molecule has 0 aliphatic carbocycles. The zero-order chi connectivity index (χ0) is 18.9. The van der Waals surface area contributed by atoms with Crippen molar-refractivity contribution >= 4 is 21.4 Å². The van der Waals surface area contributed by atoms with Crippen LogP contribution >= 0.6 is 11.3 Å². The summed E-state index contributed by atoms with van der Waals surface area (Å²) in [6, 6.07) is 9.37. The van der Waals surface area contributed by atoms with Crippen molar-refractivity contribution in [3.05, 3.63) is 52.7 Å². The highest BCUT2D eigenvalue weighted by molar-refractivity contribution is 7.91. The predicted molar refractivity (Wildman–Crippen MR) is 87.8 cm³/mol. The van der Waals surface area contributed by atoms with E-state index in [-0.39, 0.29) is 16.6 Å². The monoisotopic (exact) mass is 403 g/mol. The fourth-order valence-corrected chi connectivity index (χ4v) is 4.38. The van der Waals surface area contributed by atoms with Crippen LogP contribution in [0.3, 0.4) is 0 Å². The van der Waals surface area contributed by atoms with E-state index in [4.69, 9.17) is 0 Å². The molecular formula is C15H12F3N3O3S2. The Morgan fingerprint density at radius 3 is 2.38 bits per heavy atom. The van der Waals surface area contributed by atoms with Gasteiger partial charge in [-0.25, -0.2) is 13.1 Å². The van der Waals surface area contributed by atoms with E-state index in [0.717, 1.165) is 16.2 Å². The normalized spacial score (nSPS) is 12.5. The highest BCUT2D eigenvalue weighted by Crippen LogP contribution is 2.29. The van der Waals surface area contributed by atoms with E-state index in [1.165, 1.54) is 18.2 Å². The molecule has 0 radical (unpaired) electrons. The maximum Gasteiger partial charge on any atom is 0.471 e. The summed E-state index contributed by atoms with van der Waals surface area (Å²) < 4.78 is 68.6. The average Bonchev–Trinajstić information content (AvgIpc) is 3.22. The number of thiophene rings is 1. The molecule has 0 saturated heterocycles. The fraction of sp³-hybridized carbons (Fsp3) is 0.200. The molecule has 0 amide bonds. The summed E-state index contributed by atoms with van der Waals surface area (Å²) in [6.45, 7) is 1.85. The minimum Gasteiger partial charge on any atom is -0.329 e. The number of hydrogen-bond donors (Lipinski definition) is 1. The molecule has 0 aliphatic rings. The van der Waals surface area contributed by atoms with E-state index in [1.54, 1.807) is 18.2 Å². The summed E-state index contributed by atoms with van der Waals surface area (Å²) in [7, 11) is -3.61. The lowest BCUT2D eigenvalue weighted by Gasteiger charge is -2.05. The Hall–Kier alpha value is -2.24. The molecule has 3 aromatic rings. The van der Waals surface area contributed by atoms with Crippen molar-refractivity contribution < 1.29 is 26.1 Å². The Kier molecular flexibility index (Phi) is 4.86. The van der Waals surface area contributed by atoms with Gasteiger partial charge >= 0.3 is 12.1 Å². The molecule has 6 nitrogen and oxygen atoms in total. The van der Waals surface area contributed by atoms with Crippen LogP contribution < -0.4 is 4.72 Å². The van der Waals surface area contributed by atoms with Gasteiger partial charge in [0.05, 0.1) is 0 Å². The predicted octanol–water partition coefficient (Wildman–Crippen LogP) is 3.60.